The summed E-state index contributed by atoms with van der Waals surface area (Å²) < 4.78 is 0. The van der Waals surface area contributed by atoms with Crippen molar-refractivity contribution in [2.75, 3.05) is 10.2 Å². The van der Waals surface area contributed by atoms with Crippen molar-refractivity contribution in [3.63, 3.8) is 0 Å². The Bertz CT molecular complexity index is 1400. The number of anilines is 2. The van der Waals surface area contributed by atoms with Gasteiger partial charge in [-0.3, -0.25) is 9.59 Å². The van der Waals surface area contributed by atoms with E-state index >= 15 is 0 Å². The second-order valence-electron chi connectivity index (χ2n) is 8.08. The maximum absolute atomic E-state index is 13.6. The van der Waals surface area contributed by atoms with Gasteiger partial charge in [0.15, 0.2) is 0 Å². The van der Waals surface area contributed by atoms with Crippen molar-refractivity contribution in [3.05, 3.63) is 115 Å². The standard InChI is InChI=1S/C27H20Cl2N2O2S/c28-22-7-3-1-5-17(22)14-26(32)30-20-9-10-21(23(29)15-20)27(33)31-16-19-11-12-34-25(19)13-18-6-2-4-8-24(18)31/h1-12,15H,13-14,16H2,(H,30,32). The molecule has 0 aliphatic carbocycles. The average Bonchev–Trinajstić information content (AvgIpc) is 3.19. The van der Waals surface area contributed by atoms with E-state index in [2.05, 4.69) is 22.8 Å². The van der Waals surface area contributed by atoms with E-state index in [1.807, 2.05) is 36.4 Å². The van der Waals surface area contributed by atoms with Crippen LogP contribution in [0.4, 0.5) is 11.4 Å². The molecule has 0 saturated heterocycles. The number of hydrogen-bond acceptors (Lipinski definition) is 3. The van der Waals surface area contributed by atoms with Crippen LogP contribution in [0.3, 0.4) is 0 Å². The Morgan fingerprint density at radius 2 is 1.71 bits per heavy atom. The lowest BCUT2D eigenvalue weighted by Crippen LogP contribution is -2.30. The van der Waals surface area contributed by atoms with Crippen LogP contribution in [0, 0.1) is 0 Å². The topological polar surface area (TPSA) is 49.4 Å². The number of benzene rings is 3. The van der Waals surface area contributed by atoms with Gasteiger partial charge in [0.2, 0.25) is 5.91 Å². The van der Waals surface area contributed by atoms with Gasteiger partial charge in [-0.2, -0.15) is 0 Å². The number of nitrogens with zero attached hydrogens (tertiary/aromatic N) is 1. The van der Waals surface area contributed by atoms with Crippen LogP contribution in [0.1, 0.15) is 31.9 Å². The van der Waals surface area contributed by atoms with Gasteiger partial charge in [0, 0.05) is 27.7 Å². The smallest absolute Gasteiger partial charge is 0.260 e. The van der Waals surface area contributed by atoms with Crippen molar-refractivity contribution in [1.82, 2.24) is 0 Å². The summed E-state index contributed by atoms with van der Waals surface area (Å²) in [5, 5.41) is 5.73. The average molecular weight is 507 g/mol. The quantitative estimate of drug-likeness (QED) is 0.324. The summed E-state index contributed by atoms with van der Waals surface area (Å²) in [4.78, 5) is 29.2. The summed E-state index contributed by atoms with van der Waals surface area (Å²) in [6.45, 7) is 0.487. The van der Waals surface area contributed by atoms with E-state index in [1.54, 1.807) is 40.5 Å². The second-order valence-corrected chi connectivity index (χ2v) is 9.89. The number of para-hydroxylation sites is 1. The van der Waals surface area contributed by atoms with Gasteiger partial charge in [-0.25, -0.2) is 0 Å². The van der Waals surface area contributed by atoms with Crippen molar-refractivity contribution >= 4 is 57.7 Å². The predicted molar refractivity (Wildman–Crippen MR) is 139 cm³/mol. The van der Waals surface area contributed by atoms with Crippen LogP contribution in [0.15, 0.2) is 78.2 Å². The Balaban J connectivity index is 1.38. The van der Waals surface area contributed by atoms with Crippen molar-refractivity contribution < 1.29 is 9.59 Å². The summed E-state index contributed by atoms with van der Waals surface area (Å²) in [7, 11) is 0. The van der Waals surface area contributed by atoms with Crippen LogP contribution in [0.25, 0.3) is 0 Å². The lowest BCUT2D eigenvalue weighted by Gasteiger charge is -2.24. The molecule has 4 aromatic rings. The van der Waals surface area contributed by atoms with Crippen molar-refractivity contribution in [1.29, 1.82) is 0 Å². The molecule has 1 N–H and O–H groups in total. The Morgan fingerprint density at radius 3 is 2.53 bits per heavy atom. The third-order valence-electron chi connectivity index (χ3n) is 5.84. The number of thiophene rings is 1. The van der Waals surface area contributed by atoms with E-state index in [0.717, 1.165) is 28.8 Å². The molecule has 0 fully saturated rings. The van der Waals surface area contributed by atoms with Crippen LogP contribution in [-0.2, 0) is 24.2 Å². The number of rotatable bonds is 4. The molecular weight excluding hydrogens is 487 g/mol. The number of carbonyl (C=O) groups excluding carboxylic acids is 2. The van der Waals surface area contributed by atoms with Crippen LogP contribution >= 0.6 is 34.5 Å². The summed E-state index contributed by atoms with van der Waals surface area (Å²) in [6.07, 6.45) is 0.947. The molecule has 0 spiro atoms. The Hall–Kier alpha value is -3.12. The Morgan fingerprint density at radius 1 is 0.912 bits per heavy atom. The molecule has 0 unspecified atom stereocenters. The highest BCUT2D eigenvalue weighted by molar-refractivity contribution is 7.10. The largest absolute Gasteiger partial charge is 0.326 e. The van der Waals surface area contributed by atoms with E-state index in [-0.39, 0.29) is 23.3 Å². The molecular formula is C27H20Cl2N2O2S. The van der Waals surface area contributed by atoms with E-state index in [1.165, 1.54) is 4.88 Å². The van der Waals surface area contributed by atoms with Crippen LogP contribution < -0.4 is 10.2 Å². The fourth-order valence-electron chi connectivity index (χ4n) is 4.13. The maximum atomic E-state index is 13.6. The molecule has 2 amide bonds. The number of halogens is 2. The Labute approximate surface area is 211 Å². The van der Waals surface area contributed by atoms with Gasteiger partial charge >= 0.3 is 0 Å². The first kappa shape index (κ1) is 22.7. The molecule has 3 aromatic carbocycles. The molecule has 0 atom stereocenters. The fraction of sp³-hybridized carbons (Fsp3) is 0.111. The highest BCUT2D eigenvalue weighted by Gasteiger charge is 2.26. The Kier molecular flexibility index (Phi) is 6.42. The molecule has 2 heterocycles. The first-order valence-corrected chi connectivity index (χ1v) is 12.4. The van der Waals surface area contributed by atoms with Gasteiger partial charge in [-0.1, -0.05) is 59.6 Å². The predicted octanol–water partition coefficient (Wildman–Crippen LogP) is 6.99. The van der Waals surface area contributed by atoms with E-state index < -0.39 is 0 Å². The molecule has 0 radical (unpaired) electrons. The van der Waals surface area contributed by atoms with Gasteiger partial charge in [-0.15, -0.1) is 11.3 Å². The number of amides is 2. The molecule has 170 valence electrons. The zero-order valence-electron chi connectivity index (χ0n) is 18.1. The molecule has 0 bridgehead atoms. The molecule has 1 aromatic heterocycles. The molecule has 1 aliphatic heterocycles. The summed E-state index contributed by atoms with van der Waals surface area (Å²) in [6, 6.07) is 22.2. The molecule has 7 heteroatoms. The third kappa shape index (κ3) is 4.60. The van der Waals surface area contributed by atoms with Gasteiger partial charge in [0.05, 0.1) is 23.6 Å². The number of carbonyl (C=O) groups is 2. The van der Waals surface area contributed by atoms with Gasteiger partial charge in [0.25, 0.3) is 5.91 Å². The monoisotopic (exact) mass is 506 g/mol. The van der Waals surface area contributed by atoms with Gasteiger partial charge in [-0.05, 0) is 58.5 Å². The highest BCUT2D eigenvalue weighted by atomic mass is 35.5. The summed E-state index contributed by atoms with van der Waals surface area (Å²) in [5.41, 5.74) is 4.80. The highest BCUT2D eigenvalue weighted by Crippen LogP contribution is 2.35. The zero-order chi connectivity index (χ0) is 23.7. The minimum Gasteiger partial charge on any atom is -0.326 e. The van der Waals surface area contributed by atoms with Crippen molar-refractivity contribution in [2.24, 2.45) is 0 Å². The van der Waals surface area contributed by atoms with Crippen molar-refractivity contribution in [3.8, 4) is 0 Å². The minimum atomic E-state index is -0.213. The molecule has 4 nitrogen and oxygen atoms in total. The number of nitrogens with one attached hydrogen (secondary N) is 1. The summed E-state index contributed by atoms with van der Waals surface area (Å²) >= 11 is 14.4. The van der Waals surface area contributed by atoms with Crippen LogP contribution in [0.2, 0.25) is 10.0 Å². The lowest BCUT2D eigenvalue weighted by molar-refractivity contribution is -0.115. The van der Waals surface area contributed by atoms with E-state index in [9.17, 15) is 9.59 Å². The number of fused-ring (bicyclic) bond motifs is 2. The van der Waals surface area contributed by atoms with Crippen LogP contribution in [-0.4, -0.2) is 11.8 Å². The lowest BCUT2D eigenvalue weighted by atomic mass is 10.1. The van der Waals surface area contributed by atoms with E-state index in [0.29, 0.717) is 22.8 Å². The zero-order valence-corrected chi connectivity index (χ0v) is 20.4. The normalized spacial score (nSPS) is 12.5. The van der Waals surface area contributed by atoms with Gasteiger partial charge in [0.1, 0.15) is 0 Å². The maximum Gasteiger partial charge on any atom is 0.260 e. The first-order valence-electron chi connectivity index (χ1n) is 10.8. The molecule has 34 heavy (non-hydrogen) atoms. The van der Waals surface area contributed by atoms with Crippen molar-refractivity contribution in [2.45, 2.75) is 19.4 Å². The fourth-order valence-corrected chi connectivity index (χ4v) is 5.51. The first-order chi connectivity index (χ1) is 16.5. The van der Waals surface area contributed by atoms with Crippen LogP contribution in [0.5, 0.6) is 0 Å². The van der Waals surface area contributed by atoms with E-state index in [4.69, 9.17) is 23.2 Å². The molecule has 0 saturated carbocycles. The molecule has 5 rings (SSSR count). The van der Waals surface area contributed by atoms with Gasteiger partial charge < -0.3 is 10.2 Å². The second kappa shape index (κ2) is 9.63. The SMILES string of the molecule is O=C(Cc1ccccc1Cl)Nc1ccc(C(=O)N2Cc3ccsc3Cc3ccccc32)c(Cl)c1. The minimum absolute atomic E-state index is 0.144. The third-order valence-corrected chi connectivity index (χ3v) is 7.48. The molecule has 1 aliphatic rings. The number of hydrogen-bond donors (Lipinski definition) is 1. The summed E-state index contributed by atoms with van der Waals surface area (Å²) in [5.74, 6) is -0.389.